The summed E-state index contributed by atoms with van der Waals surface area (Å²) < 4.78 is 7.18. The Morgan fingerprint density at radius 3 is 1.60 bits per heavy atom. The zero-order valence-electron chi connectivity index (χ0n) is 35.4. The number of furan rings is 1. The fourth-order valence-electron chi connectivity index (χ4n) is 11.6. The smallest absolute Gasteiger partial charge is 0.143 e. The largest absolute Gasteiger partial charge is 0.455 e. The topological polar surface area (TPSA) is 16.4 Å². The molecule has 0 atom stereocenters. The SMILES string of the molecule is c1ccc(-c2ccc(N(c3ccc4c(c3)C3(c5ccccc5-c5ccccc53)c3ccccc3-4)c3cccc4oc5c(-c6cccc7ccccc67)c6ccccc6cc5c34)cc2)cc1. The van der Waals surface area contributed by atoms with Crippen LogP contribution in [0.3, 0.4) is 0 Å². The molecule has 0 saturated carbocycles. The quantitative estimate of drug-likeness (QED) is 0.172. The van der Waals surface area contributed by atoms with Crippen molar-refractivity contribution in [1.29, 1.82) is 0 Å². The van der Waals surface area contributed by atoms with E-state index in [0.29, 0.717) is 0 Å². The fourth-order valence-corrected chi connectivity index (χ4v) is 11.6. The van der Waals surface area contributed by atoms with Crippen LogP contribution < -0.4 is 4.90 Å². The Hall–Kier alpha value is -8.46. The van der Waals surface area contributed by atoms with Crippen LogP contribution in [0.4, 0.5) is 17.1 Å². The average molecular weight is 826 g/mol. The van der Waals surface area contributed by atoms with Crippen LogP contribution in [0.2, 0.25) is 0 Å². The van der Waals surface area contributed by atoms with E-state index >= 15 is 0 Å². The Kier molecular flexibility index (Phi) is 7.64. The van der Waals surface area contributed by atoms with Crippen molar-refractivity contribution < 1.29 is 4.42 Å². The molecule has 0 aliphatic heterocycles. The highest BCUT2D eigenvalue weighted by molar-refractivity contribution is 6.23. The molecule has 2 aliphatic rings. The predicted molar refractivity (Wildman–Crippen MR) is 271 cm³/mol. The molecule has 0 radical (unpaired) electrons. The summed E-state index contributed by atoms with van der Waals surface area (Å²) in [6.45, 7) is 0. The number of nitrogens with zero attached hydrogens (tertiary/aromatic N) is 1. The zero-order chi connectivity index (χ0) is 42.6. The van der Waals surface area contributed by atoms with Crippen molar-refractivity contribution in [3.8, 4) is 44.5 Å². The second kappa shape index (κ2) is 13.8. The lowest BCUT2D eigenvalue weighted by molar-refractivity contribution is 0.670. The molecular formula is C63H39NO. The first-order valence-electron chi connectivity index (χ1n) is 22.5. The lowest BCUT2D eigenvalue weighted by atomic mass is 9.70. The van der Waals surface area contributed by atoms with Crippen LogP contribution >= 0.6 is 0 Å². The van der Waals surface area contributed by atoms with Crippen LogP contribution in [0.5, 0.6) is 0 Å². The molecule has 65 heavy (non-hydrogen) atoms. The number of rotatable bonds is 5. The van der Waals surface area contributed by atoms with E-state index in [2.05, 4.69) is 241 Å². The first kappa shape index (κ1) is 36.1. The molecule has 0 N–H and O–H groups in total. The van der Waals surface area contributed by atoms with Crippen molar-refractivity contribution >= 4 is 60.5 Å². The third-order valence-electron chi connectivity index (χ3n) is 14.3. The Balaban J connectivity index is 1.06. The van der Waals surface area contributed by atoms with E-state index in [0.717, 1.165) is 44.6 Å². The van der Waals surface area contributed by atoms with Gasteiger partial charge in [-0.15, -0.1) is 0 Å². The molecule has 2 heteroatoms. The van der Waals surface area contributed by atoms with Gasteiger partial charge in [-0.3, -0.25) is 0 Å². The monoisotopic (exact) mass is 825 g/mol. The highest BCUT2D eigenvalue weighted by Gasteiger charge is 2.51. The summed E-state index contributed by atoms with van der Waals surface area (Å²) in [5.74, 6) is 0. The van der Waals surface area contributed by atoms with Crippen molar-refractivity contribution in [2.45, 2.75) is 5.41 Å². The van der Waals surface area contributed by atoms with Crippen molar-refractivity contribution in [2.75, 3.05) is 4.90 Å². The van der Waals surface area contributed by atoms with Gasteiger partial charge in [0.25, 0.3) is 0 Å². The normalized spacial score (nSPS) is 13.0. The third kappa shape index (κ3) is 5.05. The van der Waals surface area contributed by atoms with Gasteiger partial charge in [0.1, 0.15) is 11.2 Å². The van der Waals surface area contributed by atoms with Crippen LogP contribution in [0, 0.1) is 0 Å². The number of hydrogen-bond donors (Lipinski definition) is 0. The van der Waals surface area contributed by atoms with Gasteiger partial charge in [0, 0.05) is 22.3 Å². The molecule has 1 spiro atoms. The predicted octanol–water partition coefficient (Wildman–Crippen LogP) is 17.0. The minimum atomic E-state index is -0.474. The first-order valence-corrected chi connectivity index (χ1v) is 22.5. The molecule has 0 fully saturated rings. The molecule has 0 saturated heterocycles. The highest BCUT2D eigenvalue weighted by atomic mass is 16.3. The molecular weight excluding hydrogens is 787 g/mol. The second-order valence-corrected chi connectivity index (χ2v) is 17.5. The molecule has 12 aromatic rings. The summed E-state index contributed by atoms with van der Waals surface area (Å²) in [5, 5.41) is 6.93. The second-order valence-electron chi connectivity index (χ2n) is 17.5. The minimum Gasteiger partial charge on any atom is -0.455 e. The molecule has 1 heterocycles. The average Bonchev–Trinajstić information content (AvgIpc) is 4.00. The summed E-state index contributed by atoms with van der Waals surface area (Å²) in [7, 11) is 0. The number of fused-ring (bicyclic) bond motifs is 15. The highest BCUT2D eigenvalue weighted by Crippen LogP contribution is 2.63. The fraction of sp³-hybridized carbons (Fsp3) is 0.0159. The van der Waals surface area contributed by atoms with Crippen LogP contribution in [-0.4, -0.2) is 0 Å². The van der Waals surface area contributed by atoms with Gasteiger partial charge in [-0.25, -0.2) is 0 Å². The molecule has 11 aromatic carbocycles. The van der Waals surface area contributed by atoms with Crippen molar-refractivity contribution in [3.63, 3.8) is 0 Å². The van der Waals surface area contributed by atoms with E-state index in [1.807, 2.05) is 0 Å². The number of hydrogen-bond acceptors (Lipinski definition) is 2. The number of anilines is 3. The van der Waals surface area contributed by atoms with Crippen LogP contribution in [0.1, 0.15) is 22.3 Å². The molecule has 0 unspecified atom stereocenters. The Morgan fingerprint density at radius 2 is 0.877 bits per heavy atom. The van der Waals surface area contributed by atoms with Crippen molar-refractivity contribution in [3.05, 3.63) is 259 Å². The lowest BCUT2D eigenvalue weighted by Crippen LogP contribution is -2.26. The maximum atomic E-state index is 7.18. The molecule has 302 valence electrons. The summed E-state index contributed by atoms with van der Waals surface area (Å²) >= 11 is 0. The maximum Gasteiger partial charge on any atom is 0.143 e. The van der Waals surface area contributed by atoms with Gasteiger partial charge in [-0.05, 0) is 125 Å². The summed E-state index contributed by atoms with van der Waals surface area (Å²) in [5.41, 5.74) is 19.6. The van der Waals surface area contributed by atoms with E-state index in [9.17, 15) is 0 Å². The Bertz CT molecular complexity index is 3830. The summed E-state index contributed by atoms with van der Waals surface area (Å²) in [6, 6.07) is 86.9. The van der Waals surface area contributed by atoms with Crippen molar-refractivity contribution in [1.82, 2.24) is 0 Å². The summed E-state index contributed by atoms with van der Waals surface area (Å²) in [6.07, 6.45) is 0. The van der Waals surface area contributed by atoms with Gasteiger partial charge in [0.05, 0.1) is 16.5 Å². The van der Waals surface area contributed by atoms with Crippen molar-refractivity contribution in [2.24, 2.45) is 0 Å². The molecule has 2 aliphatic carbocycles. The molecule has 1 aromatic heterocycles. The standard InChI is InChI=1S/C63H39NO/c1-2-16-40(17-3-1)41-32-34-44(35-33-41)64(45-36-37-51-50-25-10-13-29-56(50)63(57(51)39-45)54-27-11-8-23-48(54)49-24-9-12-28-55(49)63)58-30-15-31-59-61(58)53-38-43-19-5-7-22-47(43)60(62(53)65-59)52-26-14-20-42-18-4-6-21-46(42)52/h1-39H. The van der Waals surface area contributed by atoms with Gasteiger partial charge in [-0.2, -0.15) is 0 Å². The molecule has 0 amide bonds. The van der Waals surface area contributed by atoms with Crippen LogP contribution in [0.15, 0.2) is 241 Å². The minimum absolute atomic E-state index is 0.474. The Labute approximate surface area is 376 Å². The lowest BCUT2D eigenvalue weighted by Gasteiger charge is -2.32. The van der Waals surface area contributed by atoms with Crippen LogP contribution in [-0.2, 0) is 5.41 Å². The molecule has 0 bridgehead atoms. The molecule has 14 rings (SSSR count). The van der Waals surface area contributed by atoms with E-state index in [1.54, 1.807) is 0 Å². The van der Waals surface area contributed by atoms with E-state index in [4.69, 9.17) is 4.42 Å². The number of benzene rings is 11. The maximum absolute atomic E-state index is 7.18. The van der Waals surface area contributed by atoms with Gasteiger partial charge in [-0.1, -0.05) is 194 Å². The molecule has 2 nitrogen and oxygen atoms in total. The van der Waals surface area contributed by atoms with Gasteiger partial charge >= 0.3 is 0 Å². The Morgan fingerprint density at radius 1 is 0.338 bits per heavy atom. The summed E-state index contributed by atoms with van der Waals surface area (Å²) in [4.78, 5) is 2.46. The van der Waals surface area contributed by atoms with Gasteiger partial charge in [0.2, 0.25) is 0 Å². The van der Waals surface area contributed by atoms with E-state index in [-0.39, 0.29) is 0 Å². The zero-order valence-corrected chi connectivity index (χ0v) is 35.4. The van der Waals surface area contributed by atoms with E-state index < -0.39 is 5.41 Å². The third-order valence-corrected chi connectivity index (χ3v) is 14.3. The van der Waals surface area contributed by atoms with Crippen LogP contribution in [0.25, 0.3) is 88.0 Å². The van der Waals surface area contributed by atoms with E-state index in [1.165, 1.54) is 82.7 Å². The van der Waals surface area contributed by atoms with Gasteiger partial charge < -0.3 is 9.32 Å². The first-order chi connectivity index (χ1) is 32.3. The van der Waals surface area contributed by atoms with Gasteiger partial charge in [0.15, 0.2) is 0 Å².